The number of anilines is 1. The first kappa shape index (κ1) is 17.0. The zero-order chi connectivity index (χ0) is 17.2. The number of hydrogen-bond donors (Lipinski definition) is 0. The van der Waals surface area contributed by atoms with E-state index in [1.165, 1.54) is 18.4 Å². The number of carbonyl (C=O) groups is 1. The molecule has 0 aromatic heterocycles. The number of hydrogen-bond acceptors (Lipinski definition) is 4. The van der Waals surface area contributed by atoms with Crippen LogP contribution < -0.4 is 4.90 Å². The normalized spacial score (nSPS) is 23.8. The second kappa shape index (κ2) is 7.42. The van der Waals surface area contributed by atoms with Crippen LogP contribution in [0.4, 0.5) is 10.1 Å². The van der Waals surface area contributed by atoms with Crippen molar-refractivity contribution in [2.24, 2.45) is 0 Å². The summed E-state index contributed by atoms with van der Waals surface area (Å²) < 4.78 is 13.3. The van der Waals surface area contributed by atoms with Crippen LogP contribution in [-0.4, -0.2) is 67.6 Å². The predicted molar refractivity (Wildman–Crippen MR) is 98.0 cm³/mol. The average Bonchev–Trinajstić information content (AvgIpc) is 3.49. The molecule has 0 N–H and O–H groups in total. The lowest BCUT2D eigenvalue weighted by Crippen LogP contribution is -2.47. The molecule has 0 radical (unpaired) electrons. The molecule has 0 unspecified atom stereocenters. The Bertz CT molecular complexity index is 603. The SMILES string of the molecule is O=Cc1ccc(CN2CCC(F)CC2)cc1N1CCN(C2CC2)CC1. The summed E-state index contributed by atoms with van der Waals surface area (Å²) in [5.41, 5.74) is 3.08. The van der Waals surface area contributed by atoms with Crippen molar-refractivity contribution >= 4 is 12.0 Å². The van der Waals surface area contributed by atoms with E-state index < -0.39 is 6.17 Å². The van der Waals surface area contributed by atoms with Gasteiger partial charge in [-0.2, -0.15) is 0 Å². The van der Waals surface area contributed by atoms with Crippen LogP contribution in [0.3, 0.4) is 0 Å². The minimum Gasteiger partial charge on any atom is -0.368 e. The first-order chi connectivity index (χ1) is 12.2. The molecule has 1 saturated carbocycles. The second-order valence-corrected chi connectivity index (χ2v) is 7.72. The number of piperidine rings is 1. The summed E-state index contributed by atoms with van der Waals surface area (Å²) >= 11 is 0. The number of piperazine rings is 1. The molecule has 1 aromatic rings. The highest BCUT2D eigenvalue weighted by Crippen LogP contribution is 2.30. The third-order valence-electron chi connectivity index (χ3n) is 5.86. The molecule has 136 valence electrons. The number of nitrogens with zero attached hydrogens (tertiary/aromatic N) is 3. The van der Waals surface area contributed by atoms with Crippen molar-refractivity contribution in [2.75, 3.05) is 44.2 Å². The molecule has 2 saturated heterocycles. The number of rotatable bonds is 5. The molecule has 25 heavy (non-hydrogen) atoms. The molecule has 3 aliphatic rings. The van der Waals surface area contributed by atoms with Crippen molar-refractivity contribution in [3.63, 3.8) is 0 Å². The lowest BCUT2D eigenvalue weighted by atomic mass is 10.0. The van der Waals surface area contributed by atoms with Gasteiger partial charge in [0.1, 0.15) is 6.17 Å². The van der Waals surface area contributed by atoms with Crippen LogP contribution in [-0.2, 0) is 6.54 Å². The van der Waals surface area contributed by atoms with E-state index in [1.807, 2.05) is 6.07 Å². The Labute approximate surface area is 149 Å². The third-order valence-corrected chi connectivity index (χ3v) is 5.86. The van der Waals surface area contributed by atoms with Crippen LogP contribution in [0.15, 0.2) is 18.2 Å². The Morgan fingerprint density at radius 3 is 2.36 bits per heavy atom. The fourth-order valence-corrected chi connectivity index (χ4v) is 4.15. The highest BCUT2D eigenvalue weighted by molar-refractivity contribution is 5.85. The third kappa shape index (κ3) is 4.04. The van der Waals surface area contributed by atoms with Crippen LogP contribution in [0.25, 0.3) is 0 Å². The summed E-state index contributed by atoms with van der Waals surface area (Å²) in [4.78, 5) is 18.8. The van der Waals surface area contributed by atoms with Crippen molar-refractivity contribution in [1.82, 2.24) is 9.80 Å². The Morgan fingerprint density at radius 2 is 1.72 bits per heavy atom. The van der Waals surface area contributed by atoms with Gasteiger partial charge in [0, 0.05) is 63.1 Å². The maximum absolute atomic E-state index is 13.3. The molecule has 3 fully saturated rings. The number of carbonyl (C=O) groups excluding carboxylic acids is 1. The summed E-state index contributed by atoms with van der Waals surface area (Å²) in [7, 11) is 0. The minimum atomic E-state index is -0.632. The molecule has 0 bridgehead atoms. The standard InChI is InChI=1S/C20H28FN3O/c21-18-5-7-22(8-6-18)14-16-1-2-17(15-25)20(13-16)24-11-9-23(10-12-24)19-3-4-19/h1-2,13,15,18-19H,3-12,14H2. The van der Waals surface area contributed by atoms with Crippen molar-refractivity contribution in [3.05, 3.63) is 29.3 Å². The summed E-state index contributed by atoms with van der Waals surface area (Å²) in [5.74, 6) is 0. The van der Waals surface area contributed by atoms with Gasteiger partial charge in [0.2, 0.25) is 0 Å². The van der Waals surface area contributed by atoms with Crippen molar-refractivity contribution < 1.29 is 9.18 Å². The summed E-state index contributed by atoms with van der Waals surface area (Å²) in [6.45, 7) is 6.68. The fourth-order valence-electron chi connectivity index (χ4n) is 4.15. The quantitative estimate of drug-likeness (QED) is 0.767. The van der Waals surface area contributed by atoms with Gasteiger partial charge in [-0.1, -0.05) is 6.07 Å². The molecule has 4 rings (SSSR count). The lowest BCUT2D eigenvalue weighted by molar-refractivity contribution is 0.112. The second-order valence-electron chi connectivity index (χ2n) is 7.72. The van der Waals surface area contributed by atoms with Crippen molar-refractivity contribution in [2.45, 2.75) is 44.4 Å². The number of alkyl halides is 1. The summed E-state index contributed by atoms with van der Waals surface area (Å²) in [5, 5.41) is 0. The lowest BCUT2D eigenvalue weighted by Gasteiger charge is -2.37. The topological polar surface area (TPSA) is 26.8 Å². The van der Waals surface area contributed by atoms with E-state index in [1.54, 1.807) is 0 Å². The Balaban J connectivity index is 1.44. The van der Waals surface area contributed by atoms with Gasteiger partial charge < -0.3 is 4.90 Å². The summed E-state index contributed by atoms with van der Waals surface area (Å²) in [6.07, 6.45) is 4.33. The largest absolute Gasteiger partial charge is 0.368 e. The first-order valence-corrected chi connectivity index (χ1v) is 9.66. The highest BCUT2D eigenvalue weighted by atomic mass is 19.1. The Morgan fingerprint density at radius 1 is 1.00 bits per heavy atom. The van der Waals surface area contributed by atoms with E-state index in [0.717, 1.165) is 69.4 Å². The van der Waals surface area contributed by atoms with Crippen molar-refractivity contribution in [3.8, 4) is 0 Å². The molecular formula is C20H28FN3O. The van der Waals surface area contributed by atoms with Crippen LogP contribution in [0.1, 0.15) is 41.6 Å². The summed E-state index contributed by atoms with van der Waals surface area (Å²) in [6, 6.07) is 7.00. The van der Waals surface area contributed by atoms with E-state index in [-0.39, 0.29) is 0 Å². The average molecular weight is 345 g/mol. The molecule has 2 aliphatic heterocycles. The molecule has 0 spiro atoms. The molecule has 5 heteroatoms. The van der Waals surface area contributed by atoms with Crippen molar-refractivity contribution in [1.29, 1.82) is 0 Å². The smallest absolute Gasteiger partial charge is 0.152 e. The Hall–Kier alpha value is -1.46. The van der Waals surface area contributed by atoms with Gasteiger partial charge in [-0.3, -0.25) is 14.6 Å². The maximum atomic E-state index is 13.3. The Kier molecular flexibility index (Phi) is 5.04. The molecule has 4 nitrogen and oxygen atoms in total. The van der Waals surface area contributed by atoms with Gasteiger partial charge in [0.05, 0.1) is 0 Å². The maximum Gasteiger partial charge on any atom is 0.152 e. The van der Waals surface area contributed by atoms with E-state index in [2.05, 4.69) is 26.8 Å². The molecule has 0 atom stereocenters. The van der Waals surface area contributed by atoms with E-state index in [0.29, 0.717) is 12.8 Å². The van der Waals surface area contributed by atoms with Crippen LogP contribution in [0, 0.1) is 0 Å². The zero-order valence-electron chi connectivity index (χ0n) is 14.9. The monoisotopic (exact) mass is 345 g/mol. The molecule has 1 aliphatic carbocycles. The highest BCUT2D eigenvalue weighted by Gasteiger charge is 2.31. The van der Waals surface area contributed by atoms with Gasteiger partial charge in [-0.15, -0.1) is 0 Å². The van der Waals surface area contributed by atoms with Gasteiger partial charge >= 0.3 is 0 Å². The minimum absolute atomic E-state index is 0.632. The first-order valence-electron chi connectivity index (χ1n) is 9.66. The van der Waals surface area contributed by atoms with Gasteiger partial charge in [-0.05, 0) is 43.4 Å². The molecular weight excluding hydrogens is 317 g/mol. The molecule has 1 aromatic carbocycles. The fraction of sp³-hybridized carbons (Fsp3) is 0.650. The van der Waals surface area contributed by atoms with E-state index in [4.69, 9.17) is 0 Å². The van der Waals surface area contributed by atoms with Crippen LogP contribution in [0.2, 0.25) is 0 Å². The zero-order valence-corrected chi connectivity index (χ0v) is 14.9. The molecule has 0 amide bonds. The number of halogens is 1. The van der Waals surface area contributed by atoms with Crippen LogP contribution >= 0.6 is 0 Å². The van der Waals surface area contributed by atoms with Gasteiger partial charge in [-0.25, -0.2) is 4.39 Å². The number of likely N-dealkylation sites (tertiary alicyclic amines) is 1. The van der Waals surface area contributed by atoms with Crippen LogP contribution in [0.5, 0.6) is 0 Å². The van der Waals surface area contributed by atoms with Gasteiger partial charge in [0.25, 0.3) is 0 Å². The number of aldehydes is 1. The molecule has 2 heterocycles. The van der Waals surface area contributed by atoms with E-state index in [9.17, 15) is 9.18 Å². The van der Waals surface area contributed by atoms with E-state index >= 15 is 0 Å². The van der Waals surface area contributed by atoms with Gasteiger partial charge in [0.15, 0.2) is 6.29 Å². The predicted octanol–water partition coefficient (Wildman–Crippen LogP) is 2.72. The number of benzene rings is 1.